The molecular weight excluding hydrogens is 326 g/mol. The van der Waals surface area contributed by atoms with Crippen LogP contribution in [0.15, 0.2) is 33.5 Å². The highest BCUT2D eigenvalue weighted by atomic mass is 16.5. The maximum absolute atomic E-state index is 11.9. The van der Waals surface area contributed by atoms with Gasteiger partial charge in [0, 0.05) is 24.1 Å². The number of hydrogen-bond acceptors (Lipinski definition) is 5. The van der Waals surface area contributed by atoms with Crippen molar-refractivity contribution in [2.24, 2.45) is 0 Å². The molecule has 2 rings (SSSR count). The third-order valence-corrected chi connectivity index (χ3v) is 3.64. The van der Waals surface area contributed by atoms with E-state index in [1.807, 2.05) is 6.92 Å². The first-order chi connectivity index (χ1) is 11.9. The van der Waals surface area contributed by atoms with E-state index in [4.69, 9.17) is 14.3 Å². The first-order valence-corrected chi connectivity index (χ1v) is 8.13. The molecule has 2 N–H and O–H groups in total. The Morgan fingerprint density at radius 3 is 2.76 bits per heavy atom. The highest BCUT2D eigenvalue weighted by Gasteiger charge is 2.15. The second-order valence-corrected chi connectivity index (χ2v) is 5.69. The molecule has 1 amide bonds. The van der Waals surface area contributed by atoms with Crippen LogP contribution in [0.3, 0.4) is 0 Å². The van der Waals surface area contributed by atoms with Crippen molar-refractivity contribution in [3.8, 4) is 5.75 Å². The molecular formula is C18H21NO6. The monoisotopic (exact) mass is 347 g/mol. The molecule has 2 aromatic rings. The molecule has 0 fully saturated rings. The molecule has 0 saturated heterocycles. The number of carbonyl (C=O) groups excluding carboxylic acids is 1. The lowest BCUT2D eigenvalue weighted by atomic mass is 10.1. The predicted octanol–water partition coefficient (Wildman–Crippen LogP) is 2.10. The molecule has 0 aliphatic carbocycles. The molecule has 7 heteroatoms. The van der Waals surface area contributed by atoms with Gasteiger partial charge in [0.2, 0.25) is 0 Å². The van der Waals surface area contributed by atoms with Crippen LogP contribution in [0.25, 0.3) is 11.0 Å². The number of hydrogen-bond donors (Lipinski definition) is 2. The van der Waals surface area contributed by atoms with E-state index >= 15 is 0 Å². The van der Waals surface area contributed by atoms with E-state index in [1.54, 1.807) is 25.1 Å². The van der Waals surface area contributed by atoms with Gasteiger partial charge in [0.05, 0.1) is 6.42 Å². The molecule has 0 aliphatic rings. The highest BCUT2D eigenvalue weighted by Crippen LogP contribution is 2.24. The van der Waals surface area contributed by atoms with Gasteiger partial charge in [-0.1, -0.05) is 13.3 Å². The predicted molar refractivity (Wildman–Crippen MR) is 91.8 cm³/mol. The van der Waals surface area contributed by atoms with Crippen LogP contribution in [0.4, 0.5) is 0 Å². The number of carboxylic acid groups (broad SMARTS) is 1. The fourth-order valence-corrected chi connectivity index (χ4v) is 2.45. The van der Waals surface area contributed by atoms with Crippen molar-refractivity contribution in [1.29, 1.82) is 0 Å². The number of nitrogens with one attached hydrogen (secondary N) is 1. The topological polar surface area (TPSA) is 106 Å². The average molecular weight is 347 g/mol. The molecule has 1 atom stereocenters. The summed E-state index contributed by atoms with van der Waals surface area (Å²) in [7, 11) is 0. The summed E-state index contributed by atoms with van der Waals surface area (Å²) in [5.74, 6) is -1.01. The molecule has 0 unspecified atom stereocenters. The number of fused-ring (bicyclic) bond motifs is 1. The molecule has 0 saturated carbocycles. The van der Waals surface area contributed by atoms with Crippen molar-refractivity contribution >= 4 is 22.8 Å². The molecule has 0 radical (unpaired) electrons. The summed E-state index contributed by atoms with van der Waals surface area (Å²) in [6, 6.07) is 6.58. The number of rotatable bonds is 8. The van der Waals surface area contributed by atoms with Crippen LogP contribution in [0, 0.1) is 0 Å². The quantitative estimate of drug-likeness (QED) is 0.709. The van der Waals surface area contributed by atoms with E-state index < -0.39 is 23.6 Å². The molecule has 134 valence electrons. The molecule has 0 aliphatic heterocycles. The molecule has 0 spiro atoms. The Balaban J connectivity index is 2.12. The summed E-state index contributed by atoms with van der Waals surface area (Å²) < 4.78 is 10.8. The number of ether oxygens (including phenoxy) is 1. The van der Waals surface area contributed by atoms with Gasteiger partial charge in [-0.2, -0.15) is 0 Å². The summed E-state index contributed by atoms with van der Waals surface area (Å²) in [6.45, 7) is 3.63. The standard InChI is InChI=1S/C18H21NO6/c1-3-4-12-9-17(22)25-15-10-13(5-6-14(12)15)24-11(2)18(23)19-8-7-16(20)21/h5-6,9-11H,3-4,7-8H2,1-2H3,(H,19,23)(H,20,21)/t11-/m0/s1. The zero-order chi connectivity index (χ0) is 18.4. The minimum absolute atomic E-state index is 0.0365. The molecule has 1 heterocycles. The number of aryl methyl sites for hydroxylation is 1. The lowest BCUT2D eigenvalue weighted by molar-refractivity contribution is -0.137. The van der Waals surface area contributed by atoms with E-state index in [1.165, 1.54) is 6.07 Å². The van der Waals surface area contributed by atoms with Gasteiger partial charge in [-0.3, -0.25) is 9.59 Å². The van der Waals surface area contributed by atoms with Crippen LogP contribution in [0.1, 0.15) is 32.3 Å². The second kappa shape index (κ2) is 8.32. The van der Waals surface area contributed by atoms with Crippen molar-refractivity contribution in [1.82, 2.24) is 5.32 Å². The zero-order valence-corrected chi connectivity index (χ0v) is 14.2. The summed E-state index contributed by atoms with van der Waals surface area (Å²) in [4.78, 5) is 34.0. The Hall–Kier alpha value is -2.83. The van der Waals surface area contributed by atoms with Gasteiger partial charge >= 0.3 is 11.6 Å². The van der Waals surface area contributed by atoms with E-state index in [-0.39, 0.29) is 13.0 Å². The van der Waals surface area contributed by atoms with E-state index in [9.17, 15) is 14.4 Å². The number of amides is 1. The van der Waals surface area contributed by atoms with Gasteiger partial charge in [0.25, 0.3) is 5.91 Å². The van der Waals surface area contributed by atoms with Crippen LogP contribution >= 0.6 is 0 Å². The van der Waals surface area contributed by atoms with Crippen molar-refractivity contribution in [3.05, 3.63) is 40.2 Å². The average Bonchev–Trinajstić information content (AvgIpc) is 2.54. The Kier molecular flexibility index (Phi) is 6.16. The van der Waals surface area contributed by atoms with Crippen molar-refractivity contribution in [2.45, 2.75) is 39.2 Å². The fourth-order valence-electron chi connectivity index (χ4n) is 2.45. The van der Waals surface area contributed by atoms with Crippen LogP contribution in [0.2, 0.25) is 0 Å². The van der Waals surface area contributed by atoms with Crippen LogP contribution < -0.4 is 15.7 Å². The van der Waals surface area contributed by atoms with Gasteiger partial charge < -0.3 is 19.6 Å². The van der Waals surface area contributed by atoms with Crippen molar-refractivity contribution in [2.75, 3.05) is 6.54 Å². The van der Waals surface area contributed by atoms with E-state index in [0.29, 0.717) is 11.3 Å². The molecule has 1 aromatic heterocycles. The maximum atomic E-state index is 11.9. The maximum Gasteiger partial charge on any atom is 0.336 e. The summed E-state index contributed by atoms with van der Waals surface area (Å²) in [5.41, 5.74) is 0.902. The lowest BCUT2D eigenvalue weighted by Crippen LogP contribution is -2.37. The van der Waals surface area contributed by atoms with Gasteiger partial charge in [-0.05, 0) is 31.0 Å². The van der Waals surface area contributed by atoms with Crippen LogP contribution in [-0.4, -0.2) is 29.6 Å². The van der Waals surface area contributed by atoms with E-state index in [2.05, 4.69) is 5.32 Å². The van der Waals surface area contributed by atoms with E-state index in [0.717, 1.165) is 23.8 Å². The summed E-state index contributed by atoms with van der Waals surface area (Å²) in [5, 5.41) is 11.9. The van der Waals surface area contributed by atoms with Crippen LogP contribution in [0.5, 0.6) is 5.75 Å². The molecule has 1 aromatic carbocycles. The number of aliphatic carboxylic acids is 1. The summed E-state index contributed by atoms with van der Waals surface area (Å²) >= 11 is 0. The van der Waals surface area contributed by atoms with Crippen molar-refractivity contribution < 1.29 is 23.8 Å². The SMILES string of the molecule is CCCc1cc(=O)oc2cc(O[C@@H](C)C(=O)NCCC(=O)O)ccc12. The summed E-state index contributed by atoms with van der Waals surface area (Å²) in [6.07, 6.45) is 0.714. The molecule has 0 bridgehead atoms. The molecule has 25 heavy (non-hydrogen) atoms. The Morgan fingerprint density at radius 1 is 1.32 bits per heavy atom. The smallest absolute Gasteiger partial charge is 0.336 e. The number of benzene rings is 1. The highest BCUT2D eigenvalue weighted by molar-refractivity contribution is 5.83. The lowest BCUT2D eigenvalue weighted by Gasteiger charge is -2.15. The first-order valence-electron chi connectivity index (χ1n) is 8.13. The first kappa shape index (κ1) is 18.5. The fraction of sp³-hybridized carbons (Fsp3) is 0.389. The zero-order valence-electron chi connectivity index (χ0n) is 14.2. The van der Waals surface area contributed by atoms with Gasteiger partial charge in [-0.25, -0.2) is 4.79 Å². The third kappa shape index (κ3) is 5.07. The Labute approximate surface area is 144 Å². The van der Waals surface area contributed by atoms with Crippen molar-refractivity contribution in [3.63, 3.8) is 0 Å². The van der Waals surface area contributed by atoms with Gasteiger partial charge in [0.1, 0.15) is 11.3 Å². The second-order valence-electron chi connectivity index (χ2n) is 5.69. The largest absolute Gasteiger partial charge is 0.481 e. The Bertz CT molecular complexity index is 826. The normalized spacial score (nSPS) is 11.9. The molecule has 7 nitrogen and oxygen atoms in total. The third-order valence-electron chi connectivity index (χ3n) is 3.64. The minimum Gasteiger partial charge on any atom is -0.481 e. The number of carbonyl (C=O) groups is 2. The minimum atomic E-state index is -0.985. The number of carboxylic acids is 1. The Morgan fingerprint density at radius 2 is 2.08 bits per heavy atom. The van der Waals surface area contributed by atoms with Gasteiger partial charge in [0.15, 0.2) is 6.10 Å². The van der Waals surface area contributed by atoms with Crippen LogP contribution in [-0.2, 0) is 16.0 Å². The van der Waals surface area contributed by atoms with Gasteiger partial charge in [-0.15, -0.1) is 0 Å².